The number of ether oxygens (including phenoxy) is 1. The molecule has 0 heterocycles. The van der Waals surface area contributed by atoms with E-state index in [-0.39, 0.29) is 24.1 Å². The highest BCUT2D eigenvalue weighted by molar-refractivity contribution is 6.03. The predicted molar refractivity (Wildman–Crippen MR) is 102 cm³/mol. The average Bonchev–Trinajstić information content (AvgIpc) is 2.63. The molecule has 0 fully saturated rings. The third-order valence-corrected chi connectivity index (χ3v) is 5.09. The topological polar surface area (TPSA) is 79.2 Å². The van der Waals surface area contributed by atoms with Crippen LogP contribution in [0.5, 0.6) is 0 Å². The summed E-state index contributed by atoms with van der Waals surface area (Å²) in [6.45, 7) is 11.5. The lowest BCUT2D eigenvalue weighted by molar-refractivity contribution is -0.921. The number of esters is 1. The van der Waals surface area contributed by atoms with Gasteiger partial charge in [0.1, 0.15) is 0 Å². The molecule has 26 heavy (non-hydrogen) atoms. The summed E-state index contributed by atoms with van der Waals surface area (Å²) >= 11 is 0. The number of carbonyl (C=O) groups is 2. The molecule has 1 N–H and O–H groups in total. The van der Waals surface area contributed by atoms with Gasteiger partial charge in [0.2, 0.25) is 0 Å². The van der Waals surface area contributed by atoms with Gasteiger partial charge in [-0.15, -0.1) is 0 Å². The largest absolute Gasteiger partial charge is 0.462 e. The van der Waals surface area contributed by atoms with Gasteiger partial charge in [-0.2, -0.15) is 5.26 Å². The molecular formula is C20H30N3O3+. The Morgan fingerprint density at radius 3 is 2.31 bits per heavy atom. The van der Waals surface area contributed by atoms with Crippen molar-refractivity contribution >= 4 is 17.6 Å². The summed E-state index contributed by atoms with van der Waals surface area (Å²) in [6, 6.07) is 4.94. The van der Waals surface area contributed by atoms with Crippen molar-refractivity contribution in [2.45, 2.75) is 47.1 Å². The highest BCUT2D eigenvalue weighted by Gasteiger charge is 2.35. The summed E-state index contributed by atoms with van der Waals surface area (Å²) < 4.78 is 5.72. The van der Waals surface area contributed by atoms with Crippen LogP contribution in [-0.4, -0.2) is 49.1 Å². The molecule has 0 aliphatic heterocycles. The minimum Gasteiger partial charge on any atom is -0.462 e. The van der Waals surface area contributed by atoms with Crippen LogP contribution in [0, 0.1) is 18.3 Å². The Morgan fingerprint density at radius 1 is 1.23 bits per heavy atom. The fraction of sp³-hybridized carbons (Fsp3) is 0.550. The van der Waals surface area contributed by atoms with E-state index in [9.17, 15) is 14.9 Å². The van der Waals surface area contributed by atoms with Crippen LogP contribution in [0.1, 0.15) is 55.6 Å². The summed E-state index contributed by atoms with van der Waals surface area (Å²) in [6.07, 6.45) is 0.689. The van der Waals surface area contributed by atoms with Crippen LogP contribution in [0.25, 0.3) is 0 Å². The third-order valence-electron chi connectivity index (χ3n) is 5.09. The fourth-order valence-electron chi connectivity index (χ4n) is 3.17. The number of hydrogen-bond donors (Lipinski definition) is 1. The second-order valence-corrected chi connectivity index (χ2v) is 6.57. The summed E-state index contributed by atoms with van der Waals surface area (Å²) in [5.74, 6) is -0.670. The maximum absolute atomic E-state index is 13.0. The van der Waals surface area contributed by atoms with Crippen LogP contribution < -0.4 is 5.32 Å². The number of nitrogens with one attached hydrogen (secondary N) is 1. The Bertz CT molecular complexity index is 703. The van der Waals surface area contributed by atoms with Gasteiger partial charge in [-0.3, -0.25) is 4.79 Å². The molecule has 1 unspecified atom stereocenters. The molecule has 1 amide bonds. The molecule has 1 rings (SSSR count). The monoisotopic (exact) mass is 360 g/mol. The van der Waals surface area contributed by atoms with Crippen molar-refractivity contribution in [3.8, 4) is 6.07 Å². The number of hydrogen-bond acceptors (Lipinski definition) is 4. The molecule has 1 aromatic rings. The maximum atomic E-state index is 13.0. The number of benzene rings is 1. The number of likely N-dealkylation sites (N-methyl/N-ethyl adjacent to an activating group) is 1. The number of rotatable bonds is 8. The van der Waals surface area contributed by atoms with E-state index in [2.05, 4.69) is 26.2 Å². The van der Waals surface area contributed by atoms with Crippen molar-refractivity contribution in [2.24, 2.45) is 0 Å². The van der Waals surface area contributed by atoms with E-state index < -0.39 is 5.97 Å². The summed E-state index contributed by atoms with van der Waals surface area (Å²) in [7, 11) is 2.06. The van der Waals surface area contributed by atoms with Crippen molar-refractivity contribution in [3.63, 3.8) is 0 Å². The Balaban J connectivity index is 3.32. The number of quaternary nitrogens is 1. The molecule has 0 radical (unpaired) electrons. The van der Waals surface area contributed by atoms with Crippen molar-refractivity contribution in [3.05, 3.63) is 28.8 Å². The molecule has 1 aromatic carbocycles. The molecule has 1 atom stereocenters. The molecular weight excluding hydrogens is 330 g/mol. The van der Waals surface area contributed by atoms with Crippen molar-refractivity contribution in [1.29, 1.82) is 5.26 Å². The molecule has 0 aromatic heterocycles. The molecule has 0 aliphatic carbocycles. The van der Waals surface area contributed by atoms with Crippen molar-refractivity contribution < 1.29 is 18.8 Å². The van der Waals surface area contributed by atoms with Crippen LogP contribution in [-0.2, 0) is 9.53 Å². The lowest BCUT2D eigenvalue weighted by atomic mass is 10.0. The van der Waals surface area contributed by atoms with Crippen LogP contribution in [0.15, 0.2) is 12.1 Å². The number of carbonyl (C=O) groups excluding carboxylic acids is 2. The number of anilines is 1. The van der Waals surface area contributed by atoms with Crippen LogP contribution >= 0.6 is 0 Å². The third kappa shape index (κ3) is 4.61. The molecule has 142 valence electrons. The fourth-order valence-corrected chi connectivity index (χ4v) is 3.17. The second-order valence-electron chi connectivity index (χ2n) is 6.57. The lowest BCUT2D eigenvalue weighted by Gasteiger charge is -2.38. The molecule has 0 saturated carbocycles. The van der Waals surface area contributed by atoms with Gasteiger partial charge >= 0.3 is 5.97 Å². The highest BCUT2D eigenvalue weighted by Crippen LogP contribution is 2.25. The van der Waals surface area contributed by atoms with Gasteiger partial charge in [0.15, 0.2) is 6.04 Å². The van der Waals surface area contributed by atoms with Gasteiger partial charge in [-0.05, 0) is 45.4 Å². The number of nitriles is 1. The first-order chi connectivity index (χ1) is 12.3. The first-order valence-corrected chi connectivity index (χ1v) is 9.14. The van der Waals surface area contributed by atoms with Gasteiger partial charge in [0.05, 0.1) is 49.6 Å². The van der Waals surface area contributed by atoms with E-state index >= 15 is 0 Å². The zero-order valence-electron chi connectivity index (χ0n) is 16.7. The number of aryl methyl sites for hydroxylation is 1. The van der Waals surface area contributed by atoms with E-state index in [1.165, 1.54) is 6.07 Å². The minimum atomic E-state index is -0.542. The zero-order valence-corrected chi connectivity index (χ0v) is 16.7. The Kier molecular flexibility index (Phi) is 7.78. The number of amides is 1. The van der Waals surface area contributed by atoms with Crippen molar-refractivity contribution in [1.82, 2.24) is 0 Å². The first kappa shape index (κ1) is 21.7. The molecule has 0 saturated heterocycles. The molecule has 6 heteroatoms. The van der Waals surface area contributed by atoms with Gasteiger partial charge in [-0.25, -0.2) is 4.79 Å². The van der Waals surface area contributed by atoms with E-state index in [0.717, 1.165) is 13.1 Å². The predicted octanol–water partition coefficient (Wildman–Crippen LogP) is 3.25. The first-order valence-electron chi connectivity index (χ1n) is 9.14. The van der Waals surface area contributed by atoms with Gasteiger partial charge in [0.25, 0.3) is 5.91 Å². The maximum Gasteiger partial charge on any atom is 0.340 e. The SMILES string of the molecule is CCOC(=O)c1cc(C#N)cc(C)c1NC(=O)C(CC)[N+](C)(CC)CC. The molecule has 0 aliphatic rings. The van der Waals surface area contributed by atoms with E-state index in [4.69, 9.17) is 4.74 Å². The molecule has 0 bridgehead atoms. The molecule has 0 spiro atoms. The summed E-state index contributed by atoms with van der Waals surface area (Å²) in [5.41, 5.74) is 1.66. The number of nitrogens with zero attached hydrogens (tertiary/aromatic N) is 2. The second kappa shape index (κ2) is 9.35. The summed E-state index contributed by atoms with van der Waals surface area (Å²) in [5, 5.41) is 12.1. The van der Waals surface area contributed by atoms with E-state index in [0.29, 0.717) is 27.7 Å². The summed E-state index contributed by atoms with van der Waals surface area (Å²) in [4.78, 5) is 25.3. The average molecular weight is 360 g/mol. The molecule has 6 nitrogen and oxygen atoms in total. The van der Waals surface area contributed by atoms with Crippen molar-refractivity contribution in [2.75, 3.05) is 32.1 Å². The smallest absolute Gasteiger partial charge is 0.340 e. The minimum absolute atomic E-state index is 0.128. The van der Waals surface area contributed by atoms with Crippen LogP contribution in [0.2, 0.25) is 0 Å². The van der Waals surface area contributed by atoms with Gasteiger partial charge in [0, 0.05) is 6.42 Å². The van der Waals surface area contributed by atoms with Crippen LogP contribution in [0.4, 0.5) is 5.69 Å². The zero-order chi connectivity index (χ0) is 19.9. The Hall–Kier alpha value is -2.39. The lowest BCUT2D eigenvalue weighted by Crippen LogP contribution is -2.56. The van der Waals surface area contributed by atoms with E-state index in [1.807, 2.05) is 13.0 Å². The highest BCUT2D eigenvalue weighted by atomic mass is 16.5. The van der Waals surface area contributed by atoms with Gasteiger partial charge in [-0.1, -0.05) is 6.92 Å². The Labute approximate surface area is 156 Å². The van der Waals surface area contributed by atoms with Crippen LogP contribution in [0.3, 0.4) is 0 Å². The quantitative estimate of drug-likeness (QED) is 0.570. The normalized spacial score (nSPS) is 12.2. The van der Waals surface area contributed by atoms with E-state index in [1.54, 1.807) is 19.9 Å². The standard InChI is InChI=1S/C20H29N3O3/c1-7-17(23(6,8-2)9-3)19(24)22-18-14(5)11-15(13-21)12-16(18)20(25)26-10-4/h11-12,17H,7-10H2,1-6H3/p+1. The Morgan fingerprint density at radius 2 is 1.85 bits per heavy atom. The van der Waals surface area contributed by atoms with Gasteiger partial charge < -0.3 is 14.5 Å².